The van der Waals surface area contributed by atoms with Crippen LogP contribution in [0.25, 0.3) is 0 Å². The van der Waals surface area contributed by atoms with Crippen LogP contribution < -0.4 is 15.4 Å². The molecule has 26 heavy (non-hydrogen) atoms. The van der Waals surface area contributed by atoms with Crippen LogP contribution in [0.5, 0.6) is 5.75 Å². The Balaban J connectivity index is 1.54. The van der Waals surface area contributed by atoms with Crippen molar-refractivity contribution < 1.29 is 13.9 Å². The SMILES string of the molecule is CCC(CNC(=O)c1cn(C2CCNCC2)nn1)Oc1ccccc1F. The minimum absolute atomic E-state index is 0.186. The van der Waals surface area contributed by atoms with Gasteiger partial charge in [-0.2, -0.15) is 0 Å². The molecule has 2 aromatic rings. The number of hydrogen-bond donors (Lipinski definition) is 2. The number of piperidine rings is 1. The third-order valence-corrected chi connectivity index (χ3v) is 4.50. The number of carbonyl (C=O) groups is 1. The van der Waals surface area contributed by atoms with Gasteiger partial charge in [-0.05, 0) is 44.5 Å². The third kappa shape index (κ3) is 4.57. The molecule has 0 bridgehead atoms. The van der Waals surface area contributed by atoms with Crippen molar-refractivity contribution in [3.05, 3.63) is 42.0 Å². The molecule has 140 valence electrons. The van der Waals surface area contributed by atoms with Crippen LogP contribution in [0.15, 0.2) is 30.5 Å². The van der Waals surface area contributed by atoms with Crippen molar-refractivity contribution in [3.8, 4) is 5.75 Å². The van der Waals surface area contributed by atoms with E-state index in [1.807, 2.05) is 6.92 Å². The van der Waals surface area contributed by atoms with Crippen molar-refractivity contribution >= 4 is 5.91 Å². The molecule has 1 aromatic carbocycles. The van der Waals surface area contributed by atoms with Gasteiger partial charge in [0.1, 0.15) is 6.10 Å². The van der Waals surface area contributed by atoms with Crippen LogP contribution in [0.4, 0.5) is 4.39 Å². The largest absolute Gasteiger partial charge is 0.486 e. The molecule has 2 N–H and O–H groups in total. The molecule has 1 aromatic heterocycles. The standard InChI is InChI=1S/C18H24FN5O2/c1-2-14(26-17-6-4-3-5-15(17)19)11-21-18(25)16-12-24(23-22-16)13-7-9-20-10-8-13/h3-6,12-14,20H,2,7-11H2,1H3,(H,21,25). The lowest BCUT2D eigenvalue weighted by atomic mass is 10.1. The van der Waals surface area contributed by atoms with Gasteiger partial charge in [0.05, 0.1) is 18.8 Å². The highest BCUT2D eigenvalue weighted by Gasteiger charge is 2.19. The smallest absolute Gasteiger partial charge is 0.273 e. The minimum Gasteiger partial charge on any atom is -0.486 e. The number of halogens is 1. The number of nitrogens with zero attached hydrogens (tertiary/aromatic N) is 3. The first-order valence-electron chi connectivity index (χ1n) is 8.99. The van der Waals surface area contributed by atoms with Crippen molar-refractivity contribution in [3.63, 3.8) is 0 Å². The Morgan fingerprint density at radius 3 is 2.92 bits per heavy atom. The number of amides is 1. The summed E-state index contributed by atoms with van der Waals surface area (Å²) >= 11 is 0. The van der Waals surface area contributed by atoms with Crippen molar-refractivity contribution in [2.24, 2.45) is 0 Å². The molecule has 1 amide bonds. The van der Waals surface area contributed by atoms with Gasteiger partial charge in [-0.3, -0.25) is 4.79 Å². The van der Waals surface area contributed by atoms with E-state index in [0.717, 1.165) is 25.9 Å². The molecule has 3 rings (SSSR count). The molecule has 8 heteroatoms. The van der Waals surface area contributed by atoms with Gasteiger partial charge in [-0.15, -0.1) is 5.10 Å². The third-order valence-electron chi connectivity index (χ3n) is 4.50. The maximum Gasteiger partial charge on any atom is 0.273 e. The Bertz CT molecular complexity index is 730. The number of hydrogen-bond acceptors (Lipinski definition) is 5. The lowest BCUT2D eigenvalue weighted by molar-refractivity contribution is 0.0919. The van der Waals surface area contributed by atoms with Gasteiger partial charge in [0.15, 0.2) is 17.3 Å². The van der Waals surface area contributed by atoms with E-state index in [9.17, 15) is 9.18 Å². The maximum absolute atomic E-state index is 13.7. The predicted molar refractivity (Wildman–Crippen MR) is 94.6 cm³/mol. The Labute approximate surface area is 151 Å². The lowest BCUT2D eigenvalue weighted by Crippen LogP contribution is -2.35. The van der Waals surface area contributed by atoms with E-state index in [2.05, 4.69) is 20.9 Å². The second-order valence-corrected chi connectivity index (χ2v) is 6.35. The van der Waals surface area contributed by atoms with Crippen LogP contribution in [-0.2, 0) is 0 Å². The first-order chi connectivity index (χ1) is 12.7. The molecule has 0 radical (unpaired) electrons. The van der Waals surface area contributed by atoms with Crippen LogP contribution in [0, 0.1) is 5.82 Å². The molecule has 1 unspecified atom stereocenters. The van der Waals surface area contributed by atoms with Gasteiger partial charge < -0.3 is 15.4 Å². The molecule has 1 aliphatic heterocycles. The van der Waals surface area contributed by atoms with Gasteiger partial charge in [-0.1, -0.05) is 24.3 Å². The quantitative estimate of drug-likeness (QED) is 0.788. The molecule has 2 heterocycles. The van der Waals surface area contributed by atoms with Gasteiger partial charge in [0.25, 0.3) is 5.91 Å². The fourth-order valence-corrected chi connectivity index (χ4v) is 2.92. The average Bonchev–Trinajstić information content (AvgIpc) is 3.17. The first kappa shape index (κ1) is 18.3. The van der Waals surface area contributed by atoms with E-state index in [4.69, 9.17) is 4.74 Å². The average molecular weight is 361 g/mol. The number of nitrogens with one attached hydrogen (secondary N) is 2. The van der Waals surface area contributed by atoms with Crippen LogP contribution in [0.1, 0.15) is 42.7 Å². The van der Waals surface area contributed by atoms with E-state index in [0.29, 0.717) is 6.42 Å². The number of para-hydroxylation sites is 1. The lowest BCUT2D eigenvalue weighted by Gasteiger charge is -2.22. The summed E-state index contributed by atoms with van der Waals surface area (Å²) in [5.74, 6) is -0.534. The molecular formula is C18H24FN5O2. The summed E-state index contributed by atoms with van der Waals surface area (Å²) < 4.78 is 21.1. The van der Waals surface area contributed by atoms with E-state index < -0.39 is 5.82 Å². The summed E-state index contributed by atoms with van der Waals surface area (Å²) in [5.41, 5.74) is 0.282. The molecule has 0 spiro atoms. The van der Waals surface area contributed by atoms with Crippen LogP contribution in [-0.4, -0.2) is 46.6 Å². The maximum atomic E-state index is 13.7. The van der Waals surface area contributed by atoms with Gasteiger partial charge >= 0.3 is 0 Å². The van der Waals surface area contributed by atoms with Gasteiger partial charge in [-0.25, -0.2) is 9.07 Å². The summed E-state index contributed by atoms with van der Waals surface area (Å²) in [5, 5.41) is 14.1. The zero-order valence-corrected chi connectivity index (χ0v) is 14.8. The van der Waals surface area contributed by atoms with E-state index >= 15 is 0 Å². The van der Waals surface area contributed by atoms with Crippen LogP contribution in [0.2, 0.25) is 0 Å². The zero-order valence-electron chi connectivity index (χ0n) is 14.8. The molecule has 1 atom stereocenters. The predicted octanol–water partition coefficient (Wildman–Crippen LogP) is 1.93. The minimum atomic E-state index is -0.415. The summed E-state index contributed by atoms with van der Waals surface area (Å²) in [4.78, 5) is 12.3. The number of carbonyl (C=O) groups excluding carboxylic acids is 1. The number of ether oxygens (including phenoxy) is 1. The molecular weight excluding hydrogens is 337 g/mol. The number of rotatable bonds is 7. The highest BCUT2D eigenvalue weighted by molar-refractivity contribution is 5.91. The first-order valence-corrected chi connectivity index (χ1v) is 8.99. The fraction of sp³-hybridized carbons (Fsp3) is 0.500. The molecule has 0 saturated carbocycles. The van der Waals surface area contributed by atoms with Crippen LogP contribution >= 0.6 is 0 Å². The Hall–Kier alpha value is -2.48. The monoisotopic (exact) mass is 361 g/mol. The summed E-state index contributed by atoms with van der Waals surface area (Å²) in [7, 11) is 0. The van der Waals surface area contributed by atoms with Crippen molar-refractivity contribution in [2.45, 2.75) is 38.3 Å². The summed E-state index contributed by atoms with van der Waals surface area (Å²) in [6.45, 7) is 4.07. The molecule has 1 aliphatic rings. The Kier molecular flexibility index (Phi) is 6.17. The second-order valence-electron chi connectivity index (χ2n) is 6.35. The van der Waals surface area contributed by atoms with Gasteiger partial charge in [0, 0.05) is 0 Å². The topological polar surface area (TPSA) is 81.1 Å². The Morgan fingerprint density at radius 1 is 1.42 bits per heavy atom. The molecule has 1 saturated heterocycles. The van der Waals surface area contributed by atoms with Crippen molar-refractivity contribution in [2.75, 3.05) is 19.6 Å². The highest BCUT2D eigenvalue weighted by atomic mass is 19.1. The fourth-order valence-electron chi connectivity index (χ4n) is 2.92. The highest BCUT2D eigenvalue weighted by Crippen LogP contribution is 2.18. The van der Waals surface area contributed by atoms with Crippen LogP contribution in [0.3, 0.4) is 0 Å². The number of benzene rings is 1. The summed E-state index contributed by atoms with van der Waals surface area (Å²) in [6.07, 6.45) is 3.94. The molecule has 7 nitrogen and oxygen atoms in total. The van der Waals surface area contributed by atoms with Crippen molar-refractivity contribution in [1.82, 2.24) is 25.6 Å². The van der Waals surface area contributed by atoms with E-state index in [1.54, 1.807) is 29.1 Å². The van der Waals surface area contributed by atoms with Crippen molar-refractivity contribution in [1.29, 1.82) is 0 Å². The molecule has 0 aliphatic carbocycles. The van der Waals surface area contributed by atoms with E-state index in [-0.39, 0.29) is 36.0 Å². The summed E-state index contributed by atoms with van der Waals surface area (Å²) in [6, 6.07) is 6.52. The molecule has 1 fully saturated rings. The Morgan fingerprint density at radius 2 is 2.19 bits per heavy atom. The number of aromatic nitrogens is 3. The second kappa shape index (κ2) is 8.75. The zero-order chi connectivity index (χ0) is 18.4. The van der Waals surface area contributed by atoms with Gasteiger partial charge in [0.2, 0.25) is 0 Å². The van der Waals surface area contributed by atoms with E-state index in [1.165, 1.54) is 6.07 Å². The normalized spacial score (nSPS) is 16.2.